The highest BCUT2D eigenvalue weighted by atomic mass is 79.9. The van der Waals surface area contributed by atoms with Crippen LogP contribution in [0.1, 0.15) is 18.9 Å². The van der Waals surface area contributed by atoms with Crippen molar-refractivity contribution in [3.05, 3.63) is 28.2 Å². The molecule has 4 heteroatoms. The number of piperidine rings is 1. The van der Waals surface area contributed by atoms with Crippen LogP contribution in [0.4, 0.5) is 5.69 Å². The minimum absolute atomic E-state index is 0.152. The van der Waals surface area contributed by atoms with Gasteiger partial charge in [0.05, 0.1) is 6.10 Å². The maximum Gasteiger partial charge on any atom is 0.0599 e. The van der Waals surface area contributed by atoms with Crippen LogP contribution in [-0.4, -0.2) is 31.3 Å². The summed E-state index contributed by atoms with van der Waals surface area (Å²) < 4.78 is 1.11. The molecule has 1 aromatic carbocycles. The highest BCUT2D eigenvalue weighted by molar-refractivity contribution is 9.10. The molecule has 2 atom stereocenters. The largest absolute Gasteiger partial charge is 0.393 e. The normalized spacial score (nSPS) is 24.3. The fraction of sp³-hybridized carbons (Fsp3) is 0.571. The lowest BCUT2D eigenvalue weighted by Gasteiger charge is -2.37. The van der Waals surface area contributed by atoms with Crippen molar-refractivity contribution in [3.63, 3.8) is 0 Å². The summed E-state index contributed by atoms with van der Waals surface area (Å²) in [7, 11) is 1.97. The Labute approximate surface area is 117 Å². The zero-order chi connectivity index (χ0) is 13.1. The average molecular weight is 313 g/mol. The van der Waals surface area contributed by atoms with Gasteiger partial charge in [-0.05, 0) is 37.1 Å². The van der Waals surface area contributed by atoms with Gasteiger partial charge in [-0.15, -0.1) is 0 Å². The molecule has 18 heavy (non-hydrogen) atoms. The first-order chi connectivity index (χ1) is 8.61. The predicted molar refractivity (Wildman–Crippen MR) is 78.9 cm³/mol. The van der Waals surface area contributed by atoms with Crippen LogP contribution in [0.2, 0.25) is 0 Å². The van der Waals surface area contributed by atoms with E-state index < -0.39 is 0 Å². The van der Waals surface area contributed by atoms with Crippen LogP contribution in [0.5, 0.6) is 0 Å². The summed E-state index contributed by atoms with van der Waals surface area (Å²) >= 11 is 3.54. The van der Waals surface area contributed by atoms with Crippen LogP contribution in [0.3, 0.4) is 0 Å². The van der Waals surface area contributed by atoms with Gasteiger partial charge in [-0.3, -0.25) is 0 Å². The number of nitrogens with one attached hydrogen (secondary N) is 1. The Hall–Kier alpha value is -0.580. The maximum absolute atomic E-state index is 9.82. The van der Waals surface area contributed by atoms with E-state index in [4.69, 9.17) is 0 Å². The fourth-order valence-electron chi connectivity index (χ4n) is 2.52. The topological polar surface area (TPSA) is 35.5 Å². The van der Waals surface area contributed by atoms with E-state index in [1.807, 2.05) is 7.05 Å². The average Bonchev–Trinajstić information content (AvgIpc) is 2.35. The molecule has 0 amide bonds. The standard InChI is InChI=1S/C14H21BrN2O/c1-10-9-17(6-5-14(10)18)13-7-12(15)4-3-11(13)8-16-2/h3-4,7,10,14,16,18H,5-6,8-9H2,1-2H3. The Kier molecular flexibility index (Phi) is 4.65. The SMILES string of the molecule is CNCc1ccc(Br)cc1N1CCC(O)C(C)C1. The van der Waals surface area contributed by atoms with Gasteiger partial charge in [0.15, 0.2) is 0 Å². The van der Waals surface area contributed by atoms with E-state index in [9.17, 15) is 5.11 Å². The van der Waals surface area contributed by atoms with Gasteiger partial charge in [0, 0.05) is 29.8 Å². The molecule has 0 aromatic heterocycles. The minimum atomic E-state index is -0.152. The summed E-state index contributed by atoms with van der Waals surface area (Å²) in [6.07, 6.45) is 0.702. The Morgan fingerprint density at radius 1 is 1.50 bits per heavy atom. The number of anilines is 1. The van der Waals surface area contributed by atoms with E-state index in [0.717, 1.165) is 30.5 Å². The maximum atomic E-state index is 9.82. The van der Waals surface area contributed by atoms with E-state index in [1.165, 1.54) is 11.3 Å². The second-order valence-electron chi connectivity index (χ2n) is 5.08. The number of aliphatic hydroxyl groups is 1. The molecular formula is C14H21BrN2O. The van der Waals surface area contributed by atoms with Crippen molar-refractivity contribution < 1.29 is 5.11 Å². The van der Waals surface area contributed by atoms with Crippen molar-refractivity contribution in [2.75, 3.05) is 25.0 Å². The number of nitrogens with zero attached hydrogens (tertiary/aromatic N) is 1. The molecule has 1 saturated heterocycles. The zero-order valence-electron chi connectivity index (χ0n) is 11.0. The number of benzene rings is 1. The molecule has 1 heterocycles. The summed E-state index contributed by atoms with van der Waals surface area (Å²) in [5.41, 5.74) is 2.58. The van der Waals surface area contributed by atoms with Gasteiger partial charge < -0.3 is 15.3 Å². The molecule has 0 spiro atoms. The molecule has 1 aromatic rings. The number of hydrogen-bond donors (Lipinski definition) is 2. The Morgan fingerprint density at radius 2 is 2.28 bits per heavy atom. The van der Waals surface area contributed by atoms with E-state index in [-0.39, 0.29) is 6.10 Å². The van der Waals surface area contributed by atoms with Crippen molar-refractivity contribution in [2.24, 2.45) is 5.92 Å². The molecule has 0 bridgehead atoms. The quantitative estimate of drug-likeness (QED) is 0.899. The molecule has 1 aliphatic heterocycles. The van der Waals surface area contributed by atoms with Crippen molar-refractivity contribution in [2.45, 2.75) is 26.0 Å². The van der Waals surface area contributed by atoms with Crippen LogP contribution in [0.25, 0.3) is 0 Å². The molecule has 3 nitrogen and oxygen atoms in total. The molecule has 0 saturated carbocycles. The first-order valence-electron chi connectivity index (χ1n) is 6.48. The summed E-state index contributed by atoms with van der Waals surface area (Å²) in [5.74, 6) is 0.333. The highest BCUT2D eigenvalue weighted by Gasteiger charge is 2.25. The molecule has 0 radical (unpaired) electrons. The number of hydrogen-bond acceptors (Lipinski definition) is 3. The lowest BCUT2D eigenvalue weighted by molar-refractivity contribution is 0.0970. The highest BCUT2D eigenvalue weighted by Crippen LogP contribution is 2.29. The Bertz CT molecular complexity index is 411. The van der Waals surface area contributed by atoms with Gasteiger partial charge in [0.1, 0.15) is 0 Å². The molecule has 0 aliphatic carbocycles. The van der Waals surface area contributed by atoms with E-state index in [2.05, 4.69) is 51.3 Å². The monoisotopic (exact) mass is 312 g/mol. The fourth-order valence-corrected chi connectivity index (χ4v) is 2.87. The number of halogens is 1. The Balaban J connectivity index is 2.23. The van der Waals surface area contributed by atoms with Gasteiger partial charge >= 0.3 is 0 Å². The van der Waals surface area contributed by atoms with Crippen molar-refractivity contribution >= 4 is 21.6 Å². The van der Waals surface area contributed by atoms with E-state index in [1.54, 1.807) is 0 Å². The first-order valence-corrected chi connectivity index (χ1v) is 7.27. The molecule has 2 unspecified atom stereocenters. The molecule has 100 valence electrons. The van der Waals surface area contributed by atoms with Crippen LogP contribution >= 0.6 is 15.9 Å². The van der Waals surface area contributed by atoms with Crippen molar-refractivity contribution in [3.8, 4) is 0 Å². The van der Waals surface area contributed by atoms with Gasteiger partial charge in [-0.2, -0.15) is 0 Å². The lowest BCUT2D eigenvalue weighted by Crippen LogP contribution is -2.42. The van der Waals surface area contributed by atoms with Crippen molar-refractivity contribution in [1.29, 1.82) is 0 Å². The Morgan fingerprint density at radius 3 is 2.94 bits per heavy atom. The van der Waals surface area contributed by atoms with Gasteiger partial charge in [-0.25, -0.2) is 0 Å². The predicted octanol–water partition coefficient (Wildman–Crippen LogP) is 2.38. The third-order valence-corrected chi connectivity index (χ3v) is 4.11. The van der Waals surface area contributed by atoms with Crippen LogP contribution < -0.4 is 10.2 Å². The van der Waals surface area contributed by atoms with Gasteiger partial charge in [0.25, 0.3) is 0 Å². The number of aliphatic hydroxyl groups excluding tert-OH is 1. The molecule has 2 N–H and O–H groups in total. The lowest BCUT2D eigenvalue weighted by atomic mass is 9.95. The molecule has 1 aliphatic rings. The van der Waals surface area contributed by atoms with Crippen molar-refractivity contribution in [1.82, 2.24) is 5.32 Å². The van der Waals surface area contributed by atoms with E-state index >= 15 is 0 Å². The van der Waals surface area contributed by atoms with Crippen LogP contribution in [0.15, 0.2) is 22.7 Å². The third-order valence-electron chi connectivity index (χ3n) is 3.62. The third kappa shape index (κ3) is 3.05. The molecular weight excluding hydrogens is 292 g/mol. The van der Waals surface area contributed by atoms with Crippen LogP contribution in [0, 0.1) is 5.92 Å². The van der Waals surface area contributed by atoms with Gasteiger partial charge in [-0.1, -0.05) is 28.9 Å². The summed E-state index contributed by atoms with van der Waals surface area (Å²) in [5, 5.41) is 13.0. The number of rotatable bonds is 3. The molecule has 1 fully saturated rings. The van der Waals surface area contributed by atoms with Crippen LogP contribution in [-0.2, 0) is 6.54 Å². The van der Waals surface area contributed by atoms with Gasteiger partial charge in [0.2, 0.25) is 0 Å². The smallest absolute Gasteiger partial charge is 0.0599 e. The summed E-state index contributed by atoms with van der Waals surface area (Å²) in [6.45, 7) is 4.84. The summed E-state index contributed by atoms with van der Waals surface area (Å²) in [4.78, 5) is 2.38. The first kappa shape index (κ1) is 13.8. The second kappa shape index (κ2) is 6.04. The van der Waals surface area contributed by atoms with E-state index in [0.29, 0.717) is 5.92 Å². The second-order valence-corrected chi connectivity index (χ2v) is 6.00. The zero-order valence-corrected chi connectivity index (χ0v) is 12.6. The summed E-state index contributed by atoms with van der Waals surface area (Å²) in [6, 6.07) is 6.42. The minimum Gasteiger partial charge on any atom is -0.393 e. The molecule has 2 rings (SSSR count).